The van der Waals surface area contributed by atoms with Gasteiger partial charge in [-0.3, -0.25) is 14.6 Å². The molecule has 84 valence electrons. The maximum absolute atomic E-state index is 12.2. The summed E-state index contributed by atoms with van der Waals surface area (Å²) in [5.74, 6) is -0.290. The van der Waals surface area contributed by atoms with Crippen molar-refractivity contribution in [2.45, 2.75) is 6.92 Å². The van der Waals surface area contributed by atoms with Gasteiger partial charge >= 0.3 is 0 Å². The highest BCUT2D eigenvalue weighted by molar-refractivity contribution is 6.15. The van der Waals surface area contributed by atoms with Crippen LogP contribution in [0.3, 0.4) is 0 Å². The van der Waals surface area contributed by atoms with Gasteiger partial charge in [0.25, 0.3) is 0 Å². The summed E-state index contributed by atoms with van der Waals surface area (Å²) in [5.41, 5.74) is 1.36. The maximum Gasteiger partial charge on any atom is 0.195 e. The van der Waals surface area contributed by atoms with Crippen LogP contribution in [0, 0.1) is 0 Å². The standard InChI is InChI=1S/C14H11NO2/c1-10(16)12-6-2-3-7-13(12)14(17)11-5-4-8-15-9-11/h2-9H,1H3. The SMILES string of the molecule is CC(=O)c1ccccc1C(=O)c1cccnc1. The first-order chi connectivity index (χ1) is 8.20. The van der Waals surface area contributed by atoms with Crippen molar-refractivity contribution in [1.82, 2.24) is 4.98 Å². The molecule has 0 aliphatic carbocycles. The minimum Gasteiger partial charge on any atom is -0.294 e. The molecule has 0 unspecified atom stereocenters. The van der Waals surface area contributed by atoms with E-state index in [1.165, 1.54) is 13.1 Å². The summed E-state index contributed by atoms with van der Waals surface area (Å²) in [4.78, 5) is 27.5. The summed E-state index contributed by atoms with van der Waals surface area (Å²) in [5, 5.41) is 0. The first kappa shape index (κ1) is 11.2. The molecule has 2 rings (SSSR count). The van der Waals surface area contributed by atoms with Crippen molar-refractivity contribution in [2.24, 2.45) is 0 Å². The monoisotopic (exact) mass is 225 g/mol. The molecule has 0 spiro atoms. The molecule has 3 nitrogen and oxygen atoms in total. The Bertz CT molecular complexity index is 561. The summed E-state index contributed by atoms with van der Waals surface area (Å²) in [6.45, 7) is 1.45. The number of Topliss-reactive ketones (excluding diaryl/α,β-unsaturated/α-hetero) is 1. The number of carbonyl (C=O) groups is 2. The van der Waals surface area contributed by atoms with Gasteiger partial charge in [0, 0.05) is 29.1 Å². The third-order valence-electron chi connectivity index (χ3n) is 2.47. The minimum absolute atomic E-state index is 0.113. The van der Waals surface area contributed by atoms with Gasteiger partial charge in [-0.1, -0.05) is 24.3 Å². The van der Waals surface area contributed by atoms with Gasteiger partial charge in [0.2, 0.25) is 0 Å². The van der Waals surface area contributed by atoms with E-state index in [0.29, 0.717) is 16.7 Å². The number of aromatic nitrogens is 1. The number of carbonyl (C=O) groups excluding carboxylic acids is 2. The molecule has 1 aromatic carbocycles. The van der Waals surface area contributed by atoms with E-state index in [1.54, 1.807) is 42.6 Å². The zero-order valence-corrected chi connectivity index (χ0v) is 9.38. The fourth-order valence-corrected chi connectivity index (χ4v) is 1.64. The van der Waals surface area contributed by atoms with Crippen LogP contribution in [0.5, 0.6) is 0 Å². The summed E-state index contributed by atoms with van der Waals surface area (Å²) < 4.78 is 0. The van der Waals surface area contributed by atoms with Crippen LogP contribution in [0.15, 0.2) is 48.8 Å². The van der Waals surface area contributed by atoms with Crippen molar-refractivity contribution in [3.8, 4) is 0 Å². The molecule has 0 bridgehead atoms. The Balaban J connectivity index is 2.48. The Labute approximate surface area is 99.1 Å². The lowest BCUT2D eigenvalue weighted by Crippen LogP contribution is -2.08. The quantitative estimate of drug-likeness (QED) is 0.754. The molecule has 2 aromatic rings. The summed E-state index contributed by atoms with van der Waals surface area (Å²) in [7, 11) is 0. The largest absolute Gasteiger partial charge is 0.294 e. The topological polar surface area (TPSA) is 47.0 Å². The molecule has 1 aromatic heterocycles. The Morgan fingerprint density at radius 1 is 1.00 bits per heavy atom. The lowest BCUT2D eigenvalue weighted by molar-refractivity contribution is 0.0990. The lowest BCUT2D eigenvalue weighted by Gasteiger charge is -2.05. The number of ketones is 2. The van der Waals surface area contributed by atoms with Crippen LogP contribution in [0.4, 0.5) is 0 Å². The lowest BCUT2D eigenvalue weighted by atomic mass is 9.97. The molecular weight excluding hydrogens is 214 g/mol. The third-order valence-corrected chi connectivity index (χ3v) is 2.47. The van der Waals surface area contributed by atoms with Crippen LogP contribution in [0.25, 0.3) is 0 Å². The average Bonchev–Trinajstić information content (AvgIpc) is 2.39. The second-order valence-corrected chi connectivity index (χ2v) is 3.67. The number of rotatable bonds is 3. The average molecular weight is 225 g/mol. The van der Waals surface area contributed by atoms with Gasteiger partial charge in [-0.25, -0.2) is 0 Å². The molecule has 0 saturated heterocycles. The van der Waals surface area contributed by atoms with Crippen LogP contribution in [-0.2, 0) is 0 Å². The Kier molecular flexibility index (Phi) is 3.10. The van der Waals surface area contributed by atoms with Gasteiger partial charge < -0.3 is 0 Å². The highest BCUT2D eigenvalue weighted by atomic mass is 16.1. The molecule has 0 radical (unpaired) electrons. The zero-order chi connectivity index (χ0) is 12.3. The Morgan fingerprint density at radius 3 is 2.29 bits per heavy atom. The van der Waals surface area contributed by atoms with E-state index in [1.807, 2.05) is 0 Å². The second kappa shape index (κ2) is 4.70. The van der Waals surface area contributed by atoms with Gasteiger partial charge in [0.05, 0.1) is 0 Å². The van der Waals surface area contributed by atoms with Gasteiger partial charge in [-0.2, -0.15) is 0 Å². The van der Waals surface area contributed by atoms with Crippen LogP contribution in [0.2, 0.25) is 0 Å². The molecule has 3 heteroatoms. The van der Waals surface area contributed by atoms with E-state index < -0.39 is 0 Å². The summed E-state index contributed by atoms with van der Waals surface area (Å²) >= 11 is 0. The molecule has 0 N–H and O–H groups in total. The van der Waals surface area contributed by atoms with Crippen molar-refractivity contribution < 1.29 is 9.59 Å². The van der Waals surface area contributed by atoms with Gasteiger partial charge in [0.1, 0.15) is 0 Å². The smallest absolute Gasteiger partial charge is 0.195 e. The molecule has 0 aliphatic rings. The number of nitrogens with zero attached hydrogens (tertiary/aromatic N) is 1. The van der Waals surface area contributed by atoms with Crippen molar-refractivity contribution in [3.05, 3.63) is 65.5 Å². The van der Waals surface area contributed by atoms with Crippen molar-refractivity contribution in [2.75, 3.05) is 0 Å². The minimum atomic E-state index is -0.177. The molecular formula is C14H11NO2. The van der Waals surface area contributed by atoms with Gasteiger partial charge in [-0.05, 0) is 19.1 Å². The number of hydrogen-bond acceptors (Lipinski definition) is 3. The normalized spacial score (nSPS) is 9.94. The van der Waals surface area contributed by atoms with E-state index in [-0.39, 0.29) is 11.6 Å². The second-order valence-electron chi connectivity index (χ2n) is 3.67. The Morgan fingerprint density at radius 2 is 1.71 bits per heavy atom. The number of hydrogen-bond donors (Lipinski definition) is 0. The predicted octanol–water partition coefficient (Wildman–Crippen LogP) is 2.52. The molecule has 0 fully saturated rings. The summed E-state index contributed by atoms with van der Waals surface area (Å²) in [6, 6.07) is 10.2. The van der Waals surface area contributed by atoms with Crippen LogP contribution >= 0.6 is 0 Å². The van der Waals surface area contributed by atoms with Crippen molar-refractivity contribution in [3.63, 3.8) is 0 Å². The highest BCUT2D eigenvalue weighted by Crippen LogP contribution is 2.14. The van der Waals surface area contributed by atoms with E-state index in [0.717, 1.165) is 0 Å². The van der Waals surface area contributed by atoms with Gasteiger partial charge in [0.15, 0.2) is 11.6 Å². The van der Waals surface area contributed by atoms with E-state index in [2.05, 4.69) is 4.98 Å². The molecule has 0 aliphatic heterocycles. The van der Waals surface area contributed by atoms with Crippen LogP contribution < -0.4 is 0 Å². The van der Waals surface area contributed by atoms with Crippen molar-refractivity contribution in [1.29, 1.82) is 0 Å². The van der Waals surface area contributed by atoms with E-state index in [9.17, 15) is 9.59 Å². The zero-order valence-electron chi connectivity index (χ0n) is 9.38. The Hall–Kier alpha value is -2.29. The molecule has 0 saturated carbocycles. The predicted molar refractivity (Wildman–Crippen MR) is 64.1 cm³/mol. The van der Waals surface area contributed by atoms with E-state index in [4.69, 9.17) is 0 Å². The van der Waals surface area contributed by atoms with Crippen molar-refractivity contribution >= 4 is 11.6 Å². The molecule has 17 heavy (non-hydrogen) atoms. The van der Waals surface area contributed by atoms with Crippen LogP contribution in [0.1, 0.15) is 33.2 Å². The van der Waals surface area contributed by atoms with Gasteiger partial charge in [-0.15, -0.1) is 0 Å². The molecule has 0 amide bonds. The first-order valence-corrected chi connectivity index (χ1v) is 5.25. The molecule has 0 atom stereocenters. The van der Waals surface area contributed by atoms with Crippen LogP contribution in [-0.4, -0.2) is 16.6 Å². The third kappa shape index (κ3) is 2.28. The highest BCUT2D eigenvalue weighted by Gasteiger charge is 2.15. The fraction of sp³-hybridized carbons (Fsp3) is 0.0714. The maximum atomic E-state index is 12.2. The number of benzene rings is 1. The summed E-state index contributed by atoms with van der Waals surface area (Å²) in [6.07, 6.45) is 3.10. The number of pyridine rings is 1. The molecule has 1 heterocycles. The van der Waals surface area contributed by atoms with E-state index >= 15 is 0 Å². The fourth-order valence-electron chi connectivity index (χ4n) is 1.64. The first-order valence-electron chi connectivity index (χ1n) is 5.25.